The van der Waals surface area contributed by atoms with Crippen molar-refractivity contribution < 1.29 is 9.53 Å². The predicted molar refractivity (Wildman–Crippen MR) is 121 cm³/mol. The van der Waals surface area contributed by atoms with Gasteiger partial charge in [-0.15, -0.1) is 11.3 Å². The molecule has 3 heterocycles. The molecule has 0 spiro atoms. The summed E-state index contributed by atoms with van der Waals surface area (Å²) in [5.74, 6) is 0.782. The van der Waals surface area contributed by atoms with E-state index in [2.05, 4.69) is 34.1 Å². The van der Waals surface area contributed by atoms with Crippen molar-refractivity contribution in [2.45, 2.75) is 50.7 Å². The maximum absolute atomic E-state index is 13.1. The average Bonchev–Trinajstić information content (AvgIpc) is 3.54. The Bertz CT molecular complexity index is 814. The molecule has 1 aromatic heterocycles. The molecule has 2 aromatic rings. The normalized spacial score (nSPS) is 23.0. The first kappa shape index (κ1) is 20.2. The molecule has 0 bridgehead atoms. The van der Waals surface area contributed by atoms with Gasteiger partial charge >= 0.3 is 0 Å². The molecule has 0 N–H and O–H groups in total. The summed E-state index contributed by atoms with van der Waals surface area (Å²) in [5.41, 5.74) is 3.07. The lowest BCUT2D eigenvalue weighted by atomic mass is 9.94. The number of carbonyl (C=O) groups is 1. The summed E-state index contributed by atoms with van der Waals surface area (Å²) in [4.78, 5) is 18.8. The highest BCUT2D eigenvalue weighted by Gasteiger charge is 2.32. The van der Waals surface area contributed by atoms with E-state index < -0.39 is 0 Å². The number of hydrogen-bond donors (Lipinski definition) is 0. The molecule has 3 aliphatic rings. The van der Waals surface area contributed by atoms with E-state index in [1.54, 1.807) is 11.3 Å². The average molecular weight is 425 g/mol. The van der Waals surface area contributed by atoms with Gasteiger partial charge in [-0.3, -0.25) is 9.69 Å². The number of nitrogens with zero attached hydrogens (tertiary/aromatic N) is 2. The molecule has 0 saturated carbocycles. The van der Waals surface area contributed by atoms with Crippen molar-refractivity contribution in [2.24, 2.45) is 5.92 Å². The third-order valence-corrected chi connectivity index (χ3v) is 8.00. The van der Waals surface area contributed by atoms with Gasteiger partial charge in [-0.1, -0.05) is 30.3 Å². The van der Waals surface area contributed by atoms with Gasteiger partial charge in [0, 0.05) is 25.7 Å². The van der Waals surface area contributed by atoms with Crippen LogP contribution in [0.5, 0.6) is 0 Å². The van der Waals surface area contributed by atoms with Crippen LogP contribution in [0.2, 0.25) is 0 Å². The molecule has 0 unspecified atom stereocenters. The van der Waals surface area contributed by atoms with Crippen molar-refractivity contribution in [3.63, 3.8) is 0 Å². The lowest BCUT2D eigenvalue weighted by molar-refractivity contribution is 0.0433. The van der Waals surface area contributed by atoms with Gasteiger partial charge < -0.3 is 9.64 Å². The molecule has 5 heteroatoms. The van der Waals surface area contributed by atoms with E-state index in [0.29, 0.717) is 12.0 Å². The van der Waals surface area contributed by atoms with Gasteiger partial charge in [0.05, 0.1) is 11.0 Å². The third-order valence-electron chi connectivity index (χ3n) is 7.14. The molecule has 1 atom stereocenters. The number of benzene rings is 1. The zero-order valence-electron chi connectivity index (χ0n) is 17.7. The van der Waals surface area contributed by atoms with E-state index in [9.17, 15) is 4.79 Å². The van der Waals surface area contributed by atoms with E-state index in [4.69, 9.17) is 4.74 Å². The monoisotopic (exact) mass is 424 g/mol. The molecule has 160 valence electrons. The lowest BCUT2D eigenvalue weighted by Crippen LogP contribution is -2.46. The summed E-state index contributed by atoms with van der Waals surface area (Å²) in [6, 6.07) is 13.5. The zero-order chi connectivity index (χ0) is 20.3. The summed E-state index contributed by atoms with van der Waals surface area (Å²) in [6.07, 6.45) is 7.18. The van der Waals surface area contributed by atoms with Crippen molar-refractivity contribution in [3.05, 3.63) is 57.8 Å². The van der Waals surface area contributed by atoms with E-state index in [-0.39, 0.29) is 12.0 Å². The molecule has 2 fully saturated rings. The first-order chi connectivity index (χ1) is 14.8. The highest BCUT2D eigenvalue weighted by atomic mass is 32.1. The van der Waals surface area contributed by atoms with Gasteiger partial charge in [-0.25, -0.2) is 0 Å². The van der Waals surface area contributed by atoms with E-state index in [1.165, 1.54) is 36.8 Å². The second-order valence-corrected chi connectivity index (χ2v) is 10.1. The van der Waals surface area contributed by atoms with Gasteiger partial charge in [0.2, 0.25) is 0 Å². The standard InChI is InChI=1S/C25H32N2O2S/c28-25(24-8-4-14-30-24)27(18-23-7-3-13-29-23)17-19-9-11-26(12-10-19)22-15-20-5-1-2-6-21(20)16-22/h1-2,4-6,8,14,19,22-23H,3,7,9-13,15-18H2/t23-/m1/s1. The van der Waals surface area contributed by atoms with Crippen LogP contribution in [0.4, 0.5) is 0 Å². The fourth-order valence-electron chi connectivity index (χ4n) is 5.44. The minimum Gasteiger partial charge on any atom is -0.376 e. The Hall–Kier alpha value is -1.69. The zero-order valence-corrected chi connectivity index (χ0v) is 18.5. The van der Waals surface area contributed by atoms with Crippen molar-refractivity contribution in [3.8, 4) is 0 Å². The molecule has 1 amide bonds. The molecule has 30 heavy (non-hydrogen) atoms. The fourth-order valence-corrected chi connectivity index (χ4v) is 6.13. The highest BCUT2D eigenvalue weighted by molar-refractivity contribution is 7.12. The van der Waals surface area contributed by atoms with Crippen LogP contribution in [0.15, 0.2) is 41.8 Å². The first-order valence-corrected chi connectivity index (χ1v) is 12.4. The lowest BCUT2D eigenvalue weighted by Gasteiger charge is -2.38. The van der Waals surface area contributed by atoms with Crippen LogP contribution in [0.1, 0.15) is 46.5 Å². The fraction of sp³-hybridized carbons (Fsp3) is 0.560. The summed E-state index contributed by atoms with van der Waals surface area (Å²) in [5, 5.41) is 2.00. The van der Waals surface area contributed by atoms with E-state index >= 15 is 0 Å². The number of carbonyl (C=O) groups excluding carboxylic acids is 1. The highest BCUT2D eigenvalue weighted by Crippen LogP contribution is 2.29. The number of rotatable bonds is 6. The number of likely N-dealkylation sites (tertiary alicyclic amines) is 1. The molecule has 1 aliphatic carbocycles. The summed E-state index contributed by atoms with van der Waals surface area (Å²) < 4.78 is 5.86. The van der Waals surface area contributed by atoms with Crippen molar-refractivity contribution in [1.82, 2.24) is 9.80 Å². The Balaban J connectivity index is 1.17. The van der Waals surface area contributed by atoms with Crippen LogP contribution in [-0.2, 0) is 17.6 Å². The largest absolute Gasteiger partial charge is 0.376 e. The van der Waals surface area contributed by atoms with Crippen molar-refractivity contribution in [2.75, 3.05) is 32.8 Å². The number of piperidine rings is 1. The van der Waals surface area contributed by atoms with Gasteiger partial charge in [-0.2, -0.15) is 0 Å². The third kappa shape index (κ3) is 4.48. The Morgan fingerprint density at radius 3 is 2.43 bits per heavy atom. The number of ether oxygens (including phenoxy) is 1. The molecular formula is C25H32N2O2S. The summed E-state index contributed by atoms with van der Waals surface area (Å²) in [6.45, 7) is 4.77. The van der Waals surface area contributed by atoms with Crippen molar-refractivity contribution >= 4 is 17.2 Å². The number of amides is 1. The van der Waals surface area contributed by atoms with Gasteiger partial charge in [0.15, 0.2) is 0 Å². The predicted octanol–water partition coefficient (Wildman–Crippen LogP) is 4.25. The maximum atomic E-state index is 13.1. The molecule has 0 radical (unpaired) electrons. The van der Waals surface area contributed by atoms with E-state index in [0.717, 1.165) is 50.5 Å². The topological polar surface area (TPSA) is 32.8 Å². The van der Waals surface area contributed by atoms with Gasteiger partial charge in [0.25, 0.3) is 5.91 Å². The van der Waals surface area contributed by atoms with Gasteiger partial charge in [0.1, 0.15) is 0 Å². The quantitative estimate of drug-likeness (QED) is 0.695. The molecule has 4 nitrogen and oxygen atoms in total. The maximum Gasteiger partial charge on any atom is 0.264 e. The van der Waals surface area contributed by atoms with Crippen LogP contribution in [0, 0.1) is 5.92 Å². The molecule has 2 aliphatic heterocycles. The van der Waals surface area contributed by atoms with Crippen LogP contribution in [0.3, 0.4) is 0 Å². The van der Waals surface area contributed by atoms with Crippen LogP contribution in [-0.4, -0.2) is 60.6 Å². The molecule has 2 saturated heterocycles. The molecule has 5 rings (SSSR count). The van der Waals surface area contributed by atoms with Crippen LogP contribution in [0.25, 0.3) is 0 Å². The smallest absolute Gasteiger partial charge is 0.264 e. The Labute approximate surface area is 183 Å². The minimum atomic E-state index is 0.189. The summed E-state index contributed by atoms with van der Waals surface area (Å²) >= 11 is 1.55. The Kier molecular flexibility index (Phi) is 6.21. The Morgan fingerprint density at radius 1 is 1.03 bits per heavy atom. The van der Waals surface area contributed by atoms with Crippen LogP contribution < -0.4 is 0 Å². The number of hydrogen-bond acceptors (Lipinski definition) is 4. The summed E-state index contributed by atoms with van der Waals surface area (Å²) in [7, 11) is 0. The Morgan fingerprint density at radius 2 is 1.80 bits per heavy atom. The van der Waals surface area contributed by atoms with Gasteiger partial charge in [-0.05, 0) is 80.1 Å². The van der Waals surface area contributed by atoms with Crippen molar-refractivity contribution in [1.29, 1.82) is 0 Å². The number of fused-ring (bicyclic) bond motifs is 1. The molecular weight excluding hydrogens is 392 g/mol. The van der Waals surface area contributed by atoms with E-state index in [1.807, 2.05) is 17.5 Å². The molecule has 1 aromatic carbocycles. The second-order valence-electron chi connectivity index (χ2n) is 9.13. The first-order valence-electron chi connectivity index (χ1n) is 11.5. The SMILES string of the molecule is O=C(c1cccs1)N(CC1CCN(C2Cc3ccccc3C2)CC1)C[C@H]1CCCO1. The number of thiophene rings is 1. The second kappa shape index (κ2) is 9.21. The van der Waals surface area contributed by atoms with Crippen LogP contribution >= 0.6 is 11.3 Å². The minimum absolute atomic E-state index is 0.189.